The summed E-state index contributed by atoms with van der Waals surface area (Å²) in [5.74, 6) is 0.505. The summed E-state index contributed by atoms with van der Waals surface area (Å²) in [5, 5.41) is 3.26. The van der Waals surface area contributed by atoms with Gasteiger partial charge in [-0.25, -0.2) is 9.97 Å². The lowest BCUT2D eigenvalue weighted by atomic mass is 10.2. The third-order valence-electron chi connectivity index (χ3n) is 5.05. The van der Waals surface area contributed by atoms with Gasteiger partial charge in [-0.1, -0.05) is 11.8 Å². The fourth-order valence-electron chi connectivity index (χ4n) is 3.08. The van der Waals surface area contributed by atoms with Crippen LogP contribution in [0.1, 0.15) is 12.6 Å². The van der Waals surface area contributed by atoms with Gasteiger partial charge in [0.2, 0.25) is 5.95 Å². The van der Waals surface area contributed by atoms with Gasteiger partial charge in [0.15, 0.2) is 5.62 Å². The highest BCUT2D eigenvalue weighted by molar-refractivity contribution is 8.19. The van der Waals surface area contributed by atoms with Gasteiger partial charge in [0, 0.05) is 63.5 Å². The van der Waals surface area contributed by atoms with Crippen LogP contribution in [0.15, 0.2) is 42.2 Å². The highest BCUT2D eigenvalue weighted by atomic mass is 32.2. The Morgan fingerprint density at radius 1 is 1.14 bits per heavy atom. The molecule has 0 bridgehead atoms. The quantitative estimate of drug-likeness (QED) is 0.696. The number of piperazine rings is 1. The molecule has 1 aromatic carbocycles. The first-order valence-electron chi connectivity index (χ1n) is 9.60. The number of hydrogen-bond acceptors (Lipinski definition) is 8. The van der Waals surface area contributed by atoms with E-state index in [4.69, 9.17) is 0 Å². The number of allylic oxidation sites excluding steroid dienone is 1. The van der Waals surface area contributed by atoms with Crippen LogP contribution in [0.2, 0.25) is 0 Å². The molecule has 1 saturated heterocycles. The predicted molar refractivity (Wildman–Crippen MR) is 122 cm³/mol. The van der Waals surface area contributed by atoms with Crippen molar-refractivity contribution in [2.45, 2.75) is 6.92 Å². The zero-order valence-corrected chi connectivity index (χ0v) is 18.2. The maximum atomic E-state index is 11.1. The largest absolute Gasteiger partial charge is 0.380 e. The average molecular weight is 413 g/mol. The van der Waals surface area contributed by atoms with Gasteiger partial charge in [-0.05, 0) is 44.3 Å². The Morgan fingerprint density at radius 2 is 1.83 bits per heavy atom. The monoisotopic (exact) mass is 412 g/mol. The second kappa shape index (κ2) is 9.76. The first-order chi connectivity index (χ1) is 14.0. The van der Waals surface area contributed by atoms with E-state index in [1.165, 1.54) is 5.69 Å². The van der Waals surface area contributed by atoms with E-state index in [2.05, 4.69) is 44.3 Å². The Bertz CT molecular complexity index is 860. The Labute approximate surface area is 176 Å². The van der Waals surface area contributed by atoms with Crippen LogP contribution in [-0.2, 0) is 4.79 Å². The molecule has 7 nitrogen and oxygen atoms in total. The van der Waals surface area contributed by atoms with E-state index >= 15 is 0 Å². The second-order valence-electron chi connectivity index (χ2n) is 7.25. The van der Waals surface area contributed by atoms with Gasteiger partial charge >= 0.3 is 0 Å². The normalized spacial score (nSPS) is 15.7. The van der Waals surface area contributed by atoms with Gasteiger partial charge < -0.3 is 20.0 Å². The molecule has 8 heteroatoms. The van der Waals surface area contributed by atoms with Crippen molar-refractivity contribution in [3.05, 3.63) is 47.9 Å². The zero-order chi connectivity index (χ0) is 20.8. The van der Waals surface area contributed by atoms with E-state index < -0.39 is 0 Å². The van der Waals surface area contributed by atoms with Crippen molar-refractivity contribution in [3.8, 4) is 0 Å². The van der Waals surface area contributed by atoms with E-state index in [0.29, 0.717) is 5.95 Å². The second-order valence-corrected chi connectivity index (χ2v) is 8.09. The van der Waals surface area contributed by atoms with Crippen molar-refractivity contribution in [2.24, 2.45) is 0 Å². The van der Waals surface area contributed by atoms with Crippen molar-refractivity contribution in [2.75, 3.05) is 57.5 Å². The maximum absolute atomic E-state index is 11.1. The molecule has 1 aromatic heterocycles. The van der Waals surface area contributed by atoms with Crippen molar-refractivity contribution in [3.63, 3.8) is 0 Å². The van der Waals surface area contributed by atoms with Crippen LogP contribution < -0.4 is 10.2 Å². The number of thioether (sulfide) groups is 1. The first-order valence-corrected chi connectivity index (χ1v) is 10.5. The molecule has 0 aliphatic carbocycles. The molecule has 154 valence electrons. The first kappa shape index (κ1) is 21.1. The zero-order valence-electron chi connectivity index (χ0n) is 17.4. The summed E-state index contributed by atoms with van der Waals surface area (Å²) in [6.07, 6.45) is 1.71. The lowest BCUT2D eigenvalue weighted by Crippen LogP contribution is -2.44. The molecule has 0 amide bonds. The predicted octanol–water partition coefficient (Wildman–Crippen LogP) is 3.15. The summed E-state index contributed by atoms with van der Waals surface area (Å²) in [7, 11) is 6.05. The highest BCUT2D eigenvalue weighted by Crippen LogP contribution is 2.29. The van der Waals surface area contributed by atoms with Crippen LogP contribution in [0.5, 0.6) is 0 Å². The number of carbonyl (C=O) groups is 1. The van der Waals surface area contributed by atoms with E-state index in [0.717, 1.165) is 65.5 Å². The summed E-state index contributed by atoms with van der Waals surface area (Å²) in [4.78, 5) is 27.6. The number of hydrogen-bond donors (Lipinski definition) is 1. The standard InChI is InChI=1S/C21H28N6OS/c1-16(25(2)3)20(29-15-28)19-9-10-22-21(24-19)23-17-5-7-18(8-6-17)27-13-11-26(4)12-14-27/h5-10,15H,11-14H2,1-4H3,(H,22,23,24)/b20-16-. The molecular weight excluding hydrogens is 384 g/mol. The Kier molecular flexibility index (Phi) is 7.11. The van der Waals surface area contributed by atoms with Crippen LogP contribution in [-0.4, -0.2) is 72.7 Å². The molecule has 0 saturated carbocycles. The molecule has 0 spiro atoms. The molecule has 29 heavy (non-hydrogen) atoms. The number of benzene rings is 1. The highest BCUT2D eigenvalue weighted by Gasteiger charge is 2.14. The van der Waals surface area contributed by atoms with Gasteiger partial charge in [0.05, 0.1) is 10.6 Å². The lowest BCUT2D eigenvalue weighted by molar-refractivity contribution is 0.313. The summed E-state index contributed by atoms with van der Waals surface area (Å²) in [6, 6.07) is 10.2. The number of aromatic nitrogens is 2. The molecule has 2 aromatic rings. The number of rotatable bonds is 7. The SMILES string of the molecule is C/C(=C(/SC=O)c1ccnc(Nc2ccc(N3CCN(C)CC3)cc2)n1)N(C)C. The van der Waals surface area contributed by atoms with E-state index in [1.54, 1.807) is 6.20 Å². The van der Waals surface area contributed by atoms with Gasteiger partial charge in [0.25, 0.3) is 0 Å². The average Bonchev–Trinajstić information content (AvgIpc) is 2.73. The van der Waals surface area contributed by atoms with E-state index in [-0.39, 0.29) is 0 Å². The summed E-state index contributed by atoms with van der Waals surface area (Å²) < 4.78 is 0. The minimum atomic E-state index is 0.505. The van der Waals surface area contributed by atoms with Crippen LogP contribution >= 0.6 is 11.8 Å². The summed E-state index contributed by atoms with van der Waals surface area (Å²) in [6.45, 7) is 6.23. The molecule has 1 aliphatic heterocycles. The topological polar surface area (TPSA) is 64.6 Å². The minimum Gasteiger partial charge on any atom is -0.380 e. The van der Waals surface area contributed by atoms with Gasteiger partial charge in [-0.2, -0.15) is 0 Å². The molecule has 2 heterocycles. The molecule has 1 N–H and O–H groups in total. The number of carbonyl (C=O) groups excluding carboxylic acids is 1. The van der Waals surface area contributed by atoms with Crippen LogP contribution in [0, 0.1) is 0 Å². The lowest BCUT2D eigenvalue weighted by Gasteiger charge is -2.34. The fraction of sp³-hybridized carbons (Fsp3) is 0.381. The third kappa shape index (κ3) is 5.48. The molecule has 0 radical (unpaired) electrons. The smallest absolute Gasteiger partial charge is 0.227 e. The van der Waals surface area contributed by atoms with Crippen molar-refractivity contribution in [1.29, 1.82) is 0 Å². The summed E-state index contributed by atoms with van der Waals surface area (Å²) >= 11 is 1.13. The van der Waals surface area contributed by atoms with Gasteiger partial charge in [0.1, 0.15) is 0 Å². The number of nitrogens with zero attached hydrogens (tertiary/aromatic N) is 5. The summed E-state index contributed by atoms with van der Waals surface area (Å²) in [5.41, 5.74) is 4.68. The van der Waals surface area contributed by atoms with E-state index in [9.17, 15) is 4.79 Å². The molecule has 3 rings (SSSR count). The maximum Gasteiger partial charge on any atom is 0.227 e. The van der Waals surface area contributed by atoms with E-state index in [1.807, 2.05) is 44.1 Å². The molecule has 1 aliphatic rings. The minimum absolute atomic E-state index is 0.505. The van der Waals surface area contributed by atoms with Crippen molar-refractivity contribution in [1.82, 2.24) is 19.8 Å². The number of nitrogens with one attached hydrogen (secondary N) is 1. The third-order valence-corrected chi connectivity index (χ3v) is 5.88. The van der Waals surface area contributed by atoms with Crippen molar-refractivity contribution < 1.29 is 4.79 Å². The Hall–Kier alpha value is -2.58. The molecular formula is C21H28N6OS. The molecule has 1 fully saturated rings. The van der Waals surface area contributed by atoms with Crippen LogP contribution in [0.25, 0.3) is 4.91 Å². The number of likely N-dealkylation sites (N-methyl/N-ethyl adjacent to an activating group) is 1. The van der Waals surface area contributed by atoms with Gasteiger partial charge in [-0.3, -0.25) is 4.79 Å². The Morgan fingerprint density at radius 3 is 2.45 bits per heavy atom. The molecule has 0 atom stereocenters. The molecule has 0 unspecified atom stereocenters. The Balaban J connectivity index is 1.74. The fourth-order valence-corrected chi connectivity index (χ4v) is 3.76. The number of anilines is 3. The van der Waals surface area contributed by atoms with Crippen LogP contribution in [0.3, 0.4) is 0 Å². The van der Waals surface area contributed by atoms with Crippen LogP contribution in [0.4, 0.5) is 17.3 Å². The van der Waals surface area contributed by atoms with Gasteiger partial charge in [-0.15, -0.1) is 0 Å². The van der Waals surface area contributed by atoms with Crippen molar-refractivity contribution >= 4 is 39.6 Å².